The molecule has 26 heavy (non-hydrogen) atoms. The van der Waals surface area contributed by atoms with Crippen LogP contribution in [0, 0.1) is 0 Å². The summed E-state index contributed by atoms with van der Waals surface area (Å²) in [6.07, 6.45) is 0. The van der Waals surface area contributed by atoms with Gasteiger partial charge in [0.25, 0.3) is 5.91 Å². The van der Waals surface area contributed by atoms with Crippen LogP contribution in [0.3, 0.4) is 0 Å². The van der Waals surface area contributed by atoms with E-state index in [1.54, 1.807) is 0 Å². The lowest BCUT2D eigenvalue weighted by Crippen LogP contribution is -2.20. The van der Waals surface area contributed by atoms with E-state index >= 15 is 0 Å². The molecular formula is C20H19BrN2O2S. The average Bonchev–Trinajstić information content (AvgIpc) is 3.09. The first-order valence-corrected chi connectivity index (χ1v) is 9.93. The van der Waals surface area contributed by atoms with E-state index in [1.807, 2.05) is 53.9 Å². The first-order valence-electron chi connectivity index (χ1n) is 8.26. The number of halogens is 1. The Morgan fingerprint density at radius 1 is 1.19 bits per heavy atom. The van der Waals surface area contributed by atoms with Crippen LogP contribution >= 0.6 is 27.3 Å². The molecule has 0 saturated heterocycles. The largest absolute Gasteiger partial charge is 0.483 e. The van der Waals surface area contributed by atoms with Crippen molar-refractivity contribution in [3.63, 3.8) is 0 Å². The van der Waals surface area contributed by atoms with Gasteiger partial charge in [-0.1, -0.05) is 60.1 Å². The van der Waals surface area contributed by atoms with E-state index in [-0.39, 0.29) is 12.5 Å². The SMILES string of the molecule is CC(C)c1ccccc1OCC(=O)Nc1nc(-c2ccc(Br)cc2)cs1. The van der Waals surface area contributed by atoms with E-state index in [1.165, 1.54) is 11.3 Å². The highest BCUT2D eigenvalue weighted by Gasteiger charge is 2.11. The zero-order valence-corrected chi connectivity index (χ0v) is 16.9. The van der Waals surface area contributed by atoms with Gasteiger partial charge in [0.05, 0.1) is 5.69 Å². The molecule has 0 bridgehead atoms. The highest BCUT2D eigenvalue weighted by Crippen LogP contribution is 2.27. The molecule has 0 aliphatic carbocycles. The summed E-state index contributed by atoms with van der Waals surface area (Å²) < 4.78 is 6.71. The molecule has 0 spiro atoms. The van der Waals surface area contributed by atoms with Crippen molar-refractivity contribution in [3.8, 4) is 17.0 Å². The van der Waals surface area contributed by atoms with E-state index in [9.17, 15) is 4.79 Å². The number of carbonyl (C=O) groups excluding carboxylic acids is 1. The van der Waals surface area contributed by atoms with Gasteiger partial charge in [-0.3, -0.25) is 10.1 Å². The van der Waals surface area contributed by atoms with Crippen molar-refractivity contribution in [2.75, 3.05) is 11.9 Å². The molecule has 0 atom stereocenters. The van der Waals surface area contributed by atoms with Gasteiger partial charge in [0.1, 0.15) is 5.75 Å². The van der Waals surface area contributed by atoms with Gasteiger partial charge in [-0.15, -0.1) is 11.3 Å². The van der Waals surface area contributed by atoms with E-state index < -0.39 is 0 Å². The van der Waals surface area contributed by atoms with Crippen molar-refractivity contribution in [3.05, 3.63) is 63.9 Å². The molecule has 0 radical (unpaired) electrons. The minimum atomic E-state index is -0.222. The molecule has 1 aromatic heterocycles. The van der Waals surface area contributed by atoms with Gasteiger partial charge in [0, 0.05) is 15.4 Å². The molecule has 2 aromatic carbocycles. The summed E-state index contributed by atoms with van der Waals surface area (Å²) in [6, 6.07) is 15.7. The van der Waals surface area contributed by atoms with Crippen LogP contribution in [0.4, 0.5) is 5.13 Å². The number of nitrogens with one attached hydrogen (secondary N) is 1. The second kappa shape index (κ2) is 8.47. The van der Waals surface area contributed by atoms with Crippen molar-refractivity contribution in [2.24, 2.45) is 0 Å². The fraction of sp³-hybridized carbons (Fsp3) is 0.200. The molecular weight excluding hydrogens is 412 g/mol. The van der Waals surface area contributed by atoms with Crippen LogP contribution in [0.2, 0.25) is 0 Å². The maximum absolute atomic E-state index is 12.2. The third-order valence-electron chi connectivity index (χ3n) is 3.79. The van der Waals surface area contributed by atoms with E-state index in [4.69, 9.17) is 4.74 Å². The quantitative estimate of drug-likeness (QED) is 0.544. The first kappa shape index (κ1) is 18.6. The number of thiazole rings is 1. The number of ether oxygens (including phenoxy) is 1. The minimum Gasteiger partial charge on any atom is -0.483 e. The van der Waals surface area contributed by atoms with Crippen LogP contribution in [-0.2, 0) is 4.79 Å². The van der Waals surface area contributed by atoms with E-state index in [2.05, 4.69) is 40.1 Å². The predicted octanol–water partition coefficient (Wildman–Crippen LogP) is 5.71. The van der Waals surface area contributed by atoms with Crippen LogP contribution in [0.15, 0.2) is 58.4 Å². The Balaban J connectivity index is 1.60. The number of nitrogens with zero attached hydrogens (tertiary/aromatic N) is 1. The van der Waals surface area contributed by atoms with Crippen LogP contribution in [0.1, 0.15) is 25.3 Å². The van der Waals surface area contributed by atoms with Crippen molar-refractivity contribution in [1.29, 1.82) is 0 Å². The van der Waals surface area contributed by atoms with Crippen molar-refractivity contribution >= 4 is 38.3 Å². The van der Waals surface area contributed by atoms with E-state index in [0.717, 1.165) is 27.0 Å². The Bertz CT molecular complexity index is 891. The summed E-state index contributed by atoms with van der Waals surface area (Å²) in [6.45, 7) is 4.15. The maximum atomic E-state index is 12.2. The summed E-state index contributed by atoms with van der Waals surface area (Å²) in [4.78, 5) is 16.6. The first-order chi connectivity index (χ1) is 12.5. The Kier molecular flexibility index (Phi) is 6.06. The second-order valence-corrected chi connectivity index (χ2v) is 7.85. The minimum absolute atomic E-state index is 0.0447. The molecule has 0 unspecified atom stereocenters. The normalized spacial score (nSPS) is 10.8. The van der Waals surface area contributed by atoms with Gasteiger partial charge in [-0.2, -0.15) is 0 Å². The third kappa shape index (κ3) is 4.71. The van der Waals surface area contributed by atoms with Gasteiger partial charge in [-0.25, -0.2) is 4.98 Å². The lowest BCUT2D eigenvalue weighted by Gasteiger charge is -2.13. The summed E-state index contributed by atoms with van der Waals surface area (Å²) in [5, 5.41) is 5.28. The molecule has 4 nitrogen and oxygen atoms in total. The molecule has 0 aliphatic rings. The molecule has 1 amide bonds. The molecule has 134 valence electrons. The number of carbonyl (C=O) groups is 1. The topological polar surface area (TPSA) is 51.2 Å². The summed E-state index contributed by atoms with van der Waals surface area (Å²) in [5.74, 6) is 0.856. The highest BCUT2D eigenvalue weighted by atomic mass is 79.9. The van der Waals surface area contributed by atoms with Crippen molar-refractivity contribution in [1.82, 2.24) is 4.98 Å². The van der Waals surface area contributed by atoms with Crippen LogP contribution in [-0.4, -0.2) is 17.5 Å². The number of aromatic nitrogens is 1. The van der Waals surface area contributed by atoms with Gasteiger partial charge < -0.3 is 4.74 Å². The fourth-order valence-corrected chi connectivity index (χ4v) is 3.47. The number of amides is 1. The molecule has 3 rings (SSSR count). The van der Waals surface area contributed by atoms with Gasteiger partial charge >= 0.3 is 0 Å². The number of hydrogen-bond donors (Lipinski definition) is 1. The molecule has 0 aliphatic heterocycles. The second-order valence-electron chi connectivity index (χ2n) is 6.07. The number of benzene rings is 2. The summed E-state index contributed by atoms with van der Waals surface area (Å²) in [5.41, 5.74) is 2.93. The average molecular weight is 431 g/mol. The standard InChI is InChI=1S/C20H19BrN2O2S/c1-13(2)16-5-3-4-6-18(16)25-11-19(24)23-20-22-17(12-26-20)14-7-9-15(21)10-8-14/h3-10,12-13H,11H2,1-2H3,(H,22,23,24). The maximum Gasteiger partial charge on any atom is 0.264 e. The summed E-state index contributed by atoms with van der Waals surface area (Å²) >= 11 is 4.81. The van der Waals surface area contributed by atoms with Crippen LogP contribution in [0.5, 0.6) is 5.75 Å². The smallest absolute Gasteiger partial charge is 0.264 e. The molecule has 3 aromatic rings. The lowest BCUT2D eigenvalue weighted by molar-refractivity contribution is -0.118. The Hall–Kier alpha value is -2.18. The molecule has 1 N–H and O–H groups in total. The molecule has 0 saturated carbocycles. The van der Waals surface area contributed by atoms with Gasteiger partial charge in [0.2, 0.25) is 0 Å². The van der Waals surface area contributed by atoms with Crippen molar-refractivity contribution in [2.45, 2.75) is 19.8 Å². The van der Waals surface area contributed by atoms with Crippen LogP contribution in [0.25, 0.3) is 11.3 Å². The van der Waals surface area contributed by atoms with Gasteiger partial charge in [-0.05, 0) is 29.7 Å². The third-order valence-corrected chi connectivity index (χ3v) is 5.08. The number of hydrogen-bond acceptors (Lipinski definition) is 4. The van der Waals surface area contributed by atoms with Gasteiger partial charge in [0.15, 0.2) is 11.7 Å². The number of para-hydroxylation sites is 1. The monoisotopic (exact) mass is 430 g/mol. The zero-order chi connectivity index (χ0) is 18.5. The highest BCUT2D eigenvalue weighted by molar-refractivity contribution is 9.10. The van der Waals surface area contributed by atoms with Crippen LogP contribution < -0.4 is 10.1 Å². The predicted molar refractivity (Wildman–Crippen MR) is 110 cm³/mol. The number of anilines is 1. The zero-order valence-electron chi connectivity index (χ0n) is 14.5. The van der Waals surface area contributed by atoms with Crippen molar-refractivity contribution < 1.29 is 9.53 Å². The Morgan fingerprint density at radius 2 is 1.92 bits per heavy atom. The molecule has 6 heteroatoms. The molecule has 0 fully saturated rings. The Morgan fingerprint density at radius 3 is 2.65 bits per heavy atom. The lowest BCUT2D eigenvalue weighted by atomic mass is 10.0. The number of rotatable bonds is 6. The van der Waals surface area contributed by atoms with E-state index in [0.29, 0.717) is 11.0 Å². The summed E-state index contributed by atoms with van der Waals surface area (Å²) in [7, 11) is 0. The fourth-order valence-electron chi connectivity index (χ4n) is 2.47. The molecule has 1 heterocycles. The Labute approximate surface area is 165 Å².